The Hall–Kier alpha value is -0.550. The van der Waals surface area contributed by atoms with E-state index in [1.54, 1.807) is 0 Å². The van der Waals surface area contributed by atoms with E-state index in [0.29, 0.717) is 6.42 Å². The van der Waals surface area contributed by atoms with E-state index in [1.165, 1.54) is 11.1 Å². The van der Waals surface area contributed by atoms with Crippen molar-refractivity contribution in [2.75, 3.05) is 24.7 Å². The number of hydrogen-bond donors (Lipinski definition) is 1. The molecule has 1 aromatic carbocycles. The maximum atomic E-state index is 10.3. The average molecular weight is 280 g/mol. The van der Waals surface area contributed by atoms with Gasteiger partial charge in [0.2, 0.25) is 0 Å². The topological polar surface area (TPSA) is 38.7 Å². The van der Waals surface area contributed by atoms with Gasteiger partial charge in [-0.25, -0.2) is 0 Å². The molecule has 2 heterocycles. The van der Waals surface area contributed by atoms with Crippen LogP contribution in [0.5, 0.6) is 0 Å². The maximum absolute atomic E-state index is 10.3. The van der Waals surface area contributed by atoms with Gasteiger partial charge in [0.1, 0.15) is 0 Å². The summed E-state index contributed by atoms with van der Waals surface area (Å²) in [5.41, 5.74) is 2.58. The Morgan fingerprint density at radius 1 is 1.26 bits per heavy atom. The monoisotopic (exact) mass is 280 g/mol. The lowest BCUT2D eigenvalue weighted by Gasteiger charge is -2.32. The number of benzene rings is 1. The summed E-state index contributed by atoms with van der Waals surface area (Å²) in [5, 5.41) is 10.3. The fraction of sp³-hybridized carbons (Fsp3) is 0.600. The van der Waals surface area contributed by atoms with Gasteiger partial charge in [0.05, 0.1) is 31.5 Å². The van der Waals surface area contributed by atoms with Gasteiger partial charge < -0.3 is 14.6 Å². The van der Waals surface area contributed by atoms with Crippen LogP contribution in [0.4, 0.5) is 0 Å². The van der Waals surface area contributed by atoms with Crippen LogP contribution in [0.1, 0.15) is 23.7 Å². The van der Waals surface area contributed by atoms with E-state index in [9.17, 15) is 5.11 Å². The number of hydrogen-bond acceptors (Lipinski definition) is 4. The number of thioether (sulfide) groups is 1. The zero-order valence-corrected chi connectivity index (χ0v) is 11.8. The van der Waals surface area contributed by atoms with E-state index in [1.807, 2.05) is 17.8 Å². The normalized spacial score (nSPS) is 28.7. The van der Waals surface area contributed by atoms with Gasteiger partial charge in [0, 0.05) is 17.9 Å². The number of fused-ring (bicyclic) bond motifs is 1. The Kier molecular flexibility index (Phi) is 4.43. The molecule has 3 rings (SSSR count). The van der Waals surface area contributed by atoms with Crippen molar-refractivity contribution in [1.82, 2.24) is 0 Å². The number of aliphatic hydroxyl groups is 1. The molecule has 2 aliphatic heterocycles. The first-order chi connectivity index (χ1) is 9.34. The van der Waals surface area contributed by atoms with Crippen LogP contribution in [0.15, 0.2) is 24.3 Å². The van der Waals surface area contributed by atoms with Gasteiger partial charge >= 0.3 is 0 Å². The van der Waals surface area contributed by atoms with Crippen LogP contribution in [0.3, 0.4) is 0 Å². The molecule has 0 bridgehead atoms. The van der Waals surface area contributed by atoms with E-state index in [4.69, 9.17) is 9.47 Å². The van der Waals surface area contributed by atoms with Gasteiger partial charge in [-0.3, -0.25) is 0 Å². The molecular formula is C15H20O3S. The summed E-state index contributed by atoms with van der Waals surface area (Å²) in [4.78, 5) is 0. The van der Waals surface area contributed by atoms with Crippen LogP contribution in [-0.2, 0) is 15.9 Å². The molecule has 4 heteroatoms. The Balaban J connectivity index is 1.66. The summed E-state index contributed by atoms with van der Waals surface area (Å²) in [5.74, 6) is 1.92. The third-order valence-electron chi connectivity index (χ3n) is 3.82. The highest BCUT2D eigenvalue weighted by Gasteiger charge is 2.29. The van der Waals surface area contributed by atoms with Crippen LogP contribution >= 0.6 is 11.8 Å². The Morgan fingerprint density at radius 3 is 3.00 bits per heavy atom. The van der Waals surface area contributed by atoms with Crippen LogP contribution in [0.2, 0.25) is 0 Å². The molecule has 104 valence electrons. The first-order valence-electron chi connectivity index (χ1n) is 6.91. The van der Waals surface area contributed by atoms with Crippen molar-refractivity contribution >= 4 is 11.8 Å². The fourth-order valence-electron chi connectivity index (χ4n) is 2.77. The first-order valence-corrected chi connectivity index (χ1v) is 8.07. The van der Waals surface area contributed by atoms with Crippen molar-refractivity contribution in [3.05, 3.63) is 35.4 Å². The van der Waals surface area contributed by atoms with E-state index >= 15 is 0 Å². The molecule has 0 saturated carbocycles. The molecule has 3 unspecified atom stereocenters. The maximum Gasteiger partial charge on any atom is 0.0925 e. The summed E-state index contributed by atoms with van der Waals surface area (Å²) in [6.07, 6.45) is 1.12. The molecule has 0 spiro atoms. The zero-order valence-electron chi connectivity index (χ0n) is 11.0. The molecule has 3 atom stereocenters. The van der Waals surface area contributed by atoms with E-state index < -0.39 is 6.10 Å². The molecule has 2 aliphatic rings. The summed E-state index contributed by atoms with van der Waals surface area (Å²) in [6, 6.07) is 8.38. The van der Waals surface area contributed by atoms with Gasteiger partial charge in [0.25, 0.3) is 0 Å². The standard InChI is InChI=1S/C15H20O3S/c16-13(15-10-19-8-7-18-15)9-14-12-4-2-1-3-11(12)5-6-17-14/h1-4,13-16H,5-10H2. The highest BCUT2D eigenvalue weighted by Crippen LogP contribution is 2.32. The molecule has 1 N–H and O–H groups in total. The fourth-order valence-corrected chi connectivity index (χ4v) is 3.70. The quantitative estimate of drug-likeness (QED) is 0.921. The van der Waals surface area contributed by atoms with Crippen LogP contribution in [0.25, 0.3) is 0 Å². The van der Waals surface area contributed by atoms with Crippen molar-refractivity contribution in [2.45, 2.75) is 31.2 Å². The second-order valence-electron chi connectivity index (χ2n) is 5.10. The van der Waals surface area contributed by atoms with Crippen molar-refractivity contribution in [2.24, 2.45) is 0 Å². The van der Waals surface area contributed by atoms with Gasteiger partial charge in [-0.1, -0.05) is 24.3 Å². The Labute approximate surface area is 118 Å². The van der Waals surface area contributed by atoms with Gasteiger partial charge in [-0.2, -0.15) is 11.8 Å². The largest absolute Gasteiger partial charge is 0.390 e. The summed E-state index contributed by atoms with van der Waals surface area (Å²) in [7, 11) is 0. The third kappa shape index (κ3) is 3.14. The van der Waals surface area contributed by atoms with Gasteiger partial charge in [-0.05, 0) is 17.5 Å². The average Bonchev–Trinajstić information content (AvgIpc) is 2.48. The minimum Gasteiger partial charge on any atom is -0.390 e. The lowest BCUT2D eigenvalue weighted by Crippen LogP contribution is -2.37. The minimum absolute atomic E-state index is 0.00970. The number of aliphatic hydroxyl groups excluding tert-OH is 1. The molecule has 19 heavy (non-hydrogen) atoms. The lowest BCUT2D eigenvalue weighted by molar-refractivity contribution is -0.0586. The minimum atomic E-state index is -0.441. The van der Waals surface area contributed by atoms with Crippen molar-refractivity contribution in [1.29, 1.82) is 0 Å². The van der Waals surface area contributed by atoms with Crippen molar-refractivity contribution < 1.29 is 14.6 Å². The van der Waals surface area contributed by atoms with Crippen molar-refractivity contribution in [3.63, 3.8) is 0 Å². The van der Waals surface area contributed by atoms with Gasteiger partial charge in [-0.15, -0.1) is 0 Å². The predicted octanol–water partition coefficient (Wildman–Crippen LogP) is 2.18. The molecule has 0 radical (unpaired) electrons. The molecule has 0 aromatic heterocycles. The Bertz CT molecular complexity index is 418. The molecule has 0 amide bonds. The smallest absolute Gasteiger partial charge is 0.0925 e. The second kappa shape index (κ2) is 6.27. The Morgan fingerprint density at radius 2 is 2.16 bits per heavy atom. The van der Waals surface area contributed by atoms with Crippen LogP contribution in [0, 0.1) is 0 Å². The van der Waals surface area contributed by atoms with Crippen LogP contribution in [-0.4, -0.2) is 42.0 Å². The molecule has 3 nitrogen and oxygen atoms in total. The molecule has 1 saturated heterocycles. The summed E-state index contributed by atoms with van der Waals surface area (Å²) < 4.78 is 11.5. The summed E-state index contributed by atoms with van der Waals surface area (Å²) in [6.45, 7) is 1.49. The third-order valence-corrected chi connectivity index (χ3v) is 4.84. The van der Waals surface area contributed by atoms with E-state index in [-0.39, 0.29) is 12.2 Å². The molecule has 0 aliphatic carbocycles. The van der Waals surface area contributed by atoms with Crippen molar-refractivity contribution in [3.8, 4) is 0 Å². The summed E-state index contributed by atoms with van der Waals surface area (Å²) >= 11 is 1.85. The molecule has 1 aromatic rings. The SMILES string of the molecule is OC(CC1OCCc2ccccc21)C1CSCCO1. The molecular weight excluding hydrogens is 260 g/mol. The first kappa shape index (κ1) is 13.4. The second-order valence-corrected chi connectivity index (χ2v) is 6.25. The highest BCUT2D eigenvalue weighted by atomic mass is 32.2. The zero-order chi connectivity index (χ0) is 13.1. The lowest BCUT2D eigenvalue weighted by atomic mass is 9.93. The predicted molar refractivity (Wildman–Crippen MR) is 76.5 cm³/mol. The van der Waals surface area contributed by atoms with Crippen LogP contribution < -0.4 is 0 Å². The van der Waals surface area contributed by atoms with Gasteiger partial charge in [0.15, 0.2) is 0 Å². The molecule has 1 fully saturated rings. The highest BCUT2D eigenvalue weighted by molar-refractivity contribution is 7.99. The number of ether oxygens (including phenoxy) is 2. The van der Waals surface area contributed by atoms with E-state index in [2.05, 4.69) is 18.2 Å². The van der Waals surface area contributed by atoms with E-state index in [0.717, 1.165) is 31.1 Å². The number of rotatable bonds is 3.